The quantitative estimate of drug-likeness (QED) is 0.752. The number of sulfone groups is 1. The maximum atomic E-state index is 12.1. The topological polar surface area (TPSA) is 60.4 Å². The third kappa shape index (κ3) is 3.80. The molecule has 0 aliphatic carbocycles. The number of hydrogen-bond acceptors (Lipinski definition) is 4. The second-order valence-corrected chi connectivity index (χ2v) is 7.24. The molecule has 1 rings (SSSR count). The molecule has 0 aromatic heterocycles. The van der Waals surface area contributed by atoms with Crippen LogP contribution in [0.1, 0.15) is 31.1 Å². The van der Waals surface area contributed by atoms with Gasteiger partial charge in [-0.15, -0.1) is 0 Å². The van der Waals surface area contributed by atoms with Crippen molar-refractivity contribution in [2.45, 2.75) is 26.0 Å². The zero-order valence-electron chi connectivity index (χ0n) is 11.7. The molecule has 0 radical (unpaired) electrons. The number of methoxy groups -OCH3 is 1. The Hall–Kier alpha value is -1.36. The lowest BCUT2D eigenvalue weighted by molar-refractivity contribution is 0.101. The first-order chi connectivity index (χ1) is 8.79. The number of carbonyl (C=O) groups is 1. The number of ketones is 1. The Balaban J connectivity index is 2.97. The monoisotopic (exact) mass is 284 g/mol. The molecule has 1 unspecified atom stereocenters. The molecule has 4 nitrogen and oxygen atoms in total. The van der Waals surface area contributed by atoms with E-state index in [1.165, 1.54) is 7.11 Å². The van der Waals surface area contributed by atoms with E-state index in [1.807, 2.05) is 13.8 Å². The van der Waals surface area contributed by atoms with E-state index in [2.05, 4.69) is 0 Å². The predicted octanol–water partition coefficient (Wildman–Crippen LogP) is 2.34. The van der Waals surface area contributed by atoms with Gasteiger partial charge in [-0.25, -0.2) is 8.42 Å². The van der Waals surface area contributed by atoms with Gasteiger partial charge in [0.1, 0.15) is 11.5 Å². The third-order valence-corrected chi connectivity index (χ3v) is 5.59. The molecule has 0 fully saturated rings. The molecule has 19 heavy (non-hydrogen) atoms. The number of hydrogen-bond donors (Lipinski definition) is 0. The van der Waals surface area contributed by atoms with Gasteiger partial charge in [-0.3, -0.25) is 4.79 Å². The van der Waals surface area contributed by atoms with Crippen molar-refractivity contribution >= 4 is 15.6 Å². The van der Waals surface area contributed by atoms with Crippen molar-refractivity contribution in [3.63, 3.8) is 0 Å². The van der Waals surface area contributed by atoms with E-state index in [4.69, 9.17) is 4.74 Å². The zero-order chi connectivity index (χ0) is 14.6. The number of rotatable bonds is 6. The second kappa shape index (κ2) is 6.19. The Morgan fingerprint density at radius 1 is 1.21 bits per heavy atom. The molecule has 0 amide bonds. The Kier molecular flexibility index (Phi) is 5.11. The van der Waals surface area contributed by atoms with Gasteiger partial charge in [-0.05, 0) is 25.0 Å². The Bertz CT molecular complexity index is 546. The summed E-state index contributed by atoms with van der Waals surface area (Å²) >= 11 is 0. The molecule has 1 atom stereocenters. The summed E-state index contributed by atoms with van der Waals surface area (Å²) < 4.78 is 29.3. The first-order valence-electron chi connectivity index (χ1n) is 6.17. The fraction of sp³-hybridized carbons (Fsp3) is 0.500. The average molecular weight is 284 g/mol. The minimum absolute atomic E-state index is 0.0181. The zero-order valence-corrected chi connectivity index (χ0v) is 12.5. The number of benzene rings is 1. The first kappa shape index (κ1) is 15.7. The molecule has 0 N–H and O–H groups in total. The van der Waals surface area contributed by atoms with Crippen LogP contribution in [-0.4, -0.2) is 32.3 Å². The molecule has 0 spiro atoms. The van der Waals surface area contributed by atoms with E-state index in [0.717, 1.165) is 0 Å². The molecule has 0 saturated carbocycles. The Morgan fingerprint density at radius 2 is 1.79 bits per heavy atom. The smallest absolute Gasteiger partial charge is 0.181 e. The van der Waals surface area contributed by atoms with Gasteiger partial charge in [0.15, 0.2) is 15.6 Å². The van der Waals surface area contributed by atoms with Crippen LogP contribution in [0.4, 0.5) is 0 Å². The summed E-state index contributed by atoms with van der Waals surface area (Å²) in [7, 11) is -1.98. The van der Waals surface area contributed by atoms with Crippen molar-refractivity contribution in [1.82, 2.24) is 0 Å². The summed E-state index contributed by atoms with van der Waals surface area (Å²) in [5.74, 6) is -0.521. The highest BCUT2D eigenvalue weighted by molar-refractivity contribution is 7.92. The summed E-state index contributed by atoms with van der Waals surface area (Å²) in [5.41, 5.74) is 0.310. The minimum atomic E-state index is -3.44. The molecule has 5 heteroatoms. The molecule has 0 heterocycles. The lowest BCUT2D eigenvalue weighted by Crippen LogP contribution is -2.29. The standard InChI is InChI=1S/C14H20O4S/c1-10(2)11(3)19(16,17)9-13(15)12-7-5-6-8-14(12)18-4/h5-8,10-11H,9H2,1-4H3. The van der Waals surface area contributed by atoms with Crippen molar-refractivity contribution in [2.24, 2.45) is 5.92 Å². The van der Waals surface area contributed by atoms with Gasteiger partial charge in [0.25, 0.3) is 0 Å². The van der Waals surface area contributed by atoms with Crippen molar-refractivity contribution in [2.75, 3.05) is 12.9 Å². The van der Waals surface area contributed by atoms with Crippen LogP contribution >= 0.6 is 0 Å². The van der Waals surface area contributed by atoms with Crippen molar-refractivity contribution in [1.29, 1.82) is 0 Å². The number of Topliss-reactive ketones (excluding diaryl/α,β-unsaturated/α-hetero) is 1. The highest BCUT2D eigenvalue weighted by Crippen LogP contribution is 2.20. The van der Waals surface area contributed by atoms with E-state index in [0.29, 0.717) is 11.3 Å². The molecule has 1 aromatic rings. The largest absolute Gasteiger partial charge is 0.496 e. The maximum absolute atomic E-state index is 12.1. The lowest BCUT2D eigenvalue weighted by atomic mass is 10.1. The number of para-hydroxylation sites is 1. The van der Waals surface area contributed by atoms with Gasteiger partial charge in [0.2, 0.25) is 0 Å². The van der Waals surface area contributed by atoms with Crippen LogP contribution < -0.4 is 4.74 Å². The normalized spacial score (nSPS) is 13.3. The summed E-state index contributed by atoms with van der Waals surface area (Å²) in [6, 6.07) is 6.65. The summed E-state index contributed by atoms with van der Waals surface area (Å²) in [6.07, 6.45) is 0. The van der Waals surface area contributed by atoms with Gasteiger partial charge >= 0.3 is 0 Å². The van der Waals surface area contributed by atoms with Gasteiger partial charge in [-0.2, -0.15) is 0 Å². The van der Waals surface area contributed by atoms with Gasteiger partial charge in [0, 0.05) is 0 Å². The van der Waals surface area contributed by atoms with Crippen LogP contribution in [0.5, 0.6) is 5.75 Å². The van der Waals surface area contributed by atoms with Crippen LogP contribution in [0, 0.1) is 5.92 Å². The van der Waals surface area contributed by atoms with Crippen molar-refractivity contribution < 1.29 is 17.9 Å². The molecular formula is C14H20O4S. The van der Waals surface area contributed by atoms with E-state index < -0.39 is 26.6 Å². The van der Waals surface area contributed by atoms with Crippen LogP contribution in [0.15, 0.2) is 24.3 Å². The molecule has 1 aromatic carbocycles. The molecule has 0 bridgehead atoms. The molecule has 0 saturated heterocycles. The lowest BCUT2D eigenvalue weighted by Gasteiger charge is -2.16. The fourth-order valence-electron chi connectivity index (χ4n) is 1.68. The van der Waals surface area contributed by atoms with Gasteiger partial charge in [0.05, 0.1) is 17.9 Å². The predicted molar refractivity (Wildman–Crippen MR) is 75.4 cm³/mol. The van der Waals surface area contributed by atoms with Crippen LogP contribution in [0.3, 0.4) is 0 Å². The SMILES string of the molecule is COc1ccccc1C(=O)CS(=O)(=O)C(C)C(C)C. The van der Waals surface area contributed by atoms with E-state index in [9.17, 15) is 13.2 Å². The summed E-state index contributed by atoms with van der Waals surface area (Å²) in [6.45, 7) is 5.29. The van der Waals surface area contributed by atoms with E-state index >= 15 is 0 Å². The summed E-state index contributed by atoms with van der Waals surface area (Å²) in [4.78, 5) is 12.1. The first-order valence-corrected chi connectivity index (χ1v) is 7.89. The van der Waals surface area contributed by atoms with Crippen molar-refractivity contribution in [3.05, 3.63) is 29.8 Å². The fourth-order valence-corrected chi connectivity index (χ4v) is 3.29. The van der Waals surface area contributed by atoms with Crippen molar-refractivity contribution in [3.8, 4) is 5.75 Å². The Morgan fingerprint density at radius 3 is 2.32 bits per heavy atom. The van der Waals surface area contributed by atoms with Crippen LogP contribution in [-0.2, 0) is 9.84 Å². The molecular weight excluding hydrogens is 264 g/mol. The van der Waals surface area contributed by atoms with E-state index in [-0.39, 0.29) is 5.92 Å². The van der Waals surface area contributed by atoms with Gasteiger partial charge in [-0.1, -0.05) is 26.0 Å². The molecule has 0 aliphatic heterocycles. The highest BCUT2D eigenvalue weighted by atomic mass is 32.2. The van der Waals surface area contributed by atoms with E-state index in [1.54, 1.807) is 31.2 Å². The third-order valence-electron chi connectivity index (χ3n) is 3.24. The second-order valence-electron chi connectivity index (χ2n) is 4.88. The minimum Gasteiger partial charge on any atom is -0.496 e. The Labute approximate surface area is 114 Å². The maximum Gasteiger partial charge on any atom is 0.181 e. The van der Waals surface area contributed by atoms with Gasteiger partial charge < -0.3 is 4.74 Å². The average Bonchev–Trinajstić information content (AvgIpc) is 2.36. The summed E-state index contributed by atoms with van der Waals surface area (Å²) in [5, 5.41) is -0.536. The highest BCUT2D eigenvalue weighted by Gasteiger charge is 2.28. The molecule has 106 valence electrons. The van der Waals surface area contributed by atoms with Crippen LogP contribution in [0.25, 0.3) is 0 Å². The number of ether oxygens (including phenoxy) is 1. The number of carbonyl (C=O) groups excluding carboxylic acids is 1. The van der Waals surface area contributed by atoms with Crippen LogP contribution in [0.2, 0.25) is 0 Å². The molecule has 0 aliphatic rings.